The van der Waals surface area contributed by atoms with Crippen LogP contribution >= 0.6 is 0 Å². The highest BCUT2D eigenvalue weighted by Crippen LogP contribution is 2.28. The predicted molar refractivity (Wildman–Crippen MR) is 55.8 cm³/mol. The fourth-order valence-electron chi connectivity index (χ4n) is 2.81. The minimum atomic E-state index is 0.392. The Morgan fingerprint density at radius 2 is 2.23 bits per heavy atom. The highest BCUT2D eigenvalue weighted by atomic mass is 15.0. The molecule has 2 rings (SSSR count). The van der Waals surface area contributed by atoms with E-state index in [2.05, 4.69) is 24.5 Å². The maximum atomic E-state index is 3.59. The highest BCUT2D eigenvalue weighted by Gasteiger charge is 2.31. The molecule has 2 N–H and O–H groups in total. The fourth-order valence-corrected chi connectivity index (χ4v) is 2.81. The first kappa shape index (κ1) is 9.47. The van der Waals surface area contributed by atoms with E-state index in [4.69, 9.17) is 0 Å². The first-order chi connectivity index (χ1) is 6.16. The lowest BCUT2D eigenvalue weighted by atomic mass is 9.91. The van der Waals surface area contributed by atoms with Gasteiger partial charge in [-0.05, 0) is 58.5 Å². The summed E-state index contributed by atoms with van der Waals surface area (Å²) in [6.07, 6.45) is 5.52. The molecule has 2 heterocycles. The lowest BCUT2D eigenvalue weighted by Gasteiger charge is -2.18. The molecule has 2 atom stereocenters. The van der Waals surface area contributed by atoms with Gasteiger partial charge in [-0.3, -0.25) is 0 Å². The van der Waals surface area contributed by atoms with Gasteiger partial charge in [0, 0.05) is 11.6 Å². The molecular weight excluding hydrogens is 160 g/mol. The van der Waals surface area contributed by atoms with Crippen LogP contribution in [0.25, 0.3) is 0 Å². The summed E-state index contributed by atoms with van der Waals surface area (Å²) in [6, 6.07) is 0.820. The highest BCUT2D eigenvalue weighted by molar-refractivity contribution is 4.91. The van der Waals surface area contributed by atoms with Gasteiger partial charge in [0.25, 0.3) is 0 Å². The number of nitrogens with one attached hydrogen (secondary N) is 2. The average molecular weight is 182 g/mol. The molecule has 0 amide bonds. The van der Waals surface area contributed by atoms with Gasteiger partial charge in [-0.15, -0.1) is 0 Å². The predicted octanol–water partition coefficient (Wildman–Crippen LogP) is 1.52. The van der Waals surface area contributed by atoms with Crippen molar-refractivity contribution in [3.63, 3.8) is 0 Å². The Hall–Kier alpha value is -0.0800. The zero-order valence-corrected chi connectivity index (χ0v) is 8.90. The largest absolute Gasteiger partial charge is 0.314 e. The van der Waals surface area contributed by atoms with Crippen LogP contribution in [0.5, 0.6) is 0 Å². The second kappa shape index (κ2) is 3.58. The van der Waals surface area contributed by atoms with Crippen molar-refractivity contribution in [1.82, 2.24) is 10.6 Å². The fraction of sp³-hybridized carbons (Fsp3) is 1.00. The van der Waals surface area contributed by atoms with Gasteiger partial charge in [0.1, 0.15) is 0 Å². The van der Waals surface area contributed by atoms with Crippen molar-refractivity contribution >= 4 is 0 Å². The zero-order chi connectivity index (χ0) is 9.31. The SMILES string of the molecule is CC1(C)CC(CC2CCCN2)CN1. The molecule has 2 nitrogen and oxygen atoms in total. The molecule has 0 radical (unpaired) electrons. The number of hydrogen-bond acceptors (Lipinski definition) is 2. The van der Waals surface area contributed by atoms with Crippen molar-refractivity contribution in [3.8, 4) is 0 Å². The lowest BCUT2D eigenvalue weighted by molar-refractivity contribution is 0.401. The van der Waals surface area contributed by atoms with E-state index in [1.807, 2.05) is 0 Å². The first-order valence-electron chi connectivity index (χ1n) is 5.64. The molecule has 2 aliphatic rings. The Kier molecular flexibility index (Phi) is 2.61. The molecule has 2 aliphatic heterocycles. The monoisotopic (exact) mass is 182 g/mol. The third kappa shape index (κ3) is 2.44. The molecule has 0 aromatic heterocycles. The quantitative estimate of drug-likeness (QED) is 0.676. The van der Waals surface area contributed by atoms with Crippen molar-refractivity contribution in [2.45, 2.75) is 51.1 Å². The van der Waals surface area contributed by atoms with Gasteiger partial charge in [-0.1, -0.05) is 0 Å². The Labute approximate surface area is 81.5 Å². The summed E-state index contributed by atoms with van der Waals surface area (Å²) in [5.74, 6) is 0.908. The summed E-state index contributed by atoms with van der Waals surface area (Å²) in [7, 11) is 0. The molecule has 2 unspecified atom stereocenters. The Balaban J connectivity index is 1.77. The molecule has 2 saturated heterocycles. The summed E-state index contributed by atoms with van der Waals surface area (Å²) >= 11 is 0. The molecular formula is C11H22N2. The molecule has 2 heteroatoms. The van der Waals surface area contributed by atoms with E-state index in [0.29, 0.717) is 5.54 Å². The van der Waals surface area contributed by atoms with Gasteiger partial charge in [0.05, 0.1) is 0 Å². The van der Waals surface area contributed by atoms with Crippen molar-refractivity contribution in [2.75, 3.05) is 13.1 Å². The lowest BCUT2D eigenvalue weighted by Crippen LogP contribution is -2.31. The van der Waals surface area contributed by atoms with Crippen LogP contribution < -0.4 is 10.6 Å². The van der Waals surface area contributed by atoms with Gasteiger partial charge < -0.3 is 10.6 Å². The van der Waals surface area contributed by atoms with Crippen LogP contribution in [0.2, 0.25) is 0 Å². The van der Waals surface area contributed by atoms with Gasteiger partial charge in [0.2, 0.25) is 0 Å². The van der Waals surface area contributed by atoms with Crippen LogP contribution in [0.4, 0.5) is 0 Å². The maximum absolute atomic E-state index is 3.59. The second-order valence-corrected chi connectivity index (χ2v) is 5.36. The van der Waals surface area contributed by atoms with Gasteiger partial charge >= 0.3 is 0 Å². The van der Waals surface area contributed by atoms with E-state index in [1.165, 1.54) is 38.8 Å². The molecule has 0 aromatic rings. The van der Waals surface area contributed by atoms with E-state index in [1.54, 1.807) is 0 Å². The Morgan fingerprint density at radius 3 is 2.77 bits per heavy atom. The summed E-state index contributed by atoms with van der Waals surface area (Å²) in [5, 5.41) is 7.18. The van der Waals surface area contributed by atoms with E-state index in [9.17, 15) is 0 Å². The van der Waals surface area contributed by atoms with Crippen LogP contribution in [0, 0.1) is 5.92 Å². The molecule has 0 saturated carbocycles. The van der Waals surface area contributed by atoms with Gasteiger partial charge in [0.15, 0.2) is 0 Å². The summed E-state index contributed by atoms with van der Waals surface area (Å²) in [5.41, 5.74) is 0.392. The van der Waals surface area contributed by atoms with Crippen LogP contribution in [0.15, 0.2) is 0 Å². The summed E-state index contributed by atoms with van der Waals surface area (Å²) < 4.78 is 0. The topological polar surface area (TPSA) is 24.1 Å². The van der Waals surface area contributed by atoms with Crippen molar-refractivity contribution in [2.24, 2.45) is 5.92 Å². The molecule has 0 aromatic carbocycles. The van der Waals surface area contributed by atoms with Crippen molar-refractivity contribution in [1.29, 1.82) is 0 Å². The van der Waals surface area contributed by atoms with E-state index < -0.39 is 0 Å². The normalized spacial score (nSPS) is 38.3. The number of rotatable bonds is 2. The van der Waals surface area contributed by atoms with Crippen molar-refractivity contribution in [3.05, 3.63) is 0 Å². The van der Waals surface area contributed by atoms with Gasteiger partial charge in [-0.2, -0.15) is 0 Å². The average Bonchev–Trinajstić information content (AvgIpc) is 2.61. The van der Waals surface area contributed by atoms with Crippen LogP contribution in [0.1, 0.15) is 39.5 Å². The van der Waals surface area contributed by atoms with Crippen LogP contribution in [0.3, 0.4) is 0 Å². The molecule has 13 heavy (non-hydrogen) atoms. The smallest absolute Gasteiger partial charge is 0.0128 e. The van der Waals surface area contributed by atoms with E-state index >= 15 is 0 Å². The summed E-state index contributed by atoms with van der Waals surface area (Å²) in [6.45, 7) is 7.10. The molecule has 2 fully saturated rings. The third-order valence-corrected chi connectivity index (χ3v) is 3.45. The molecule has 76 valence electrons. The first-order valence-corrected chi connectivity index (χ1v) is 5.64. The Bertz CT molecular complexity index is 171. The van der Waals surface area contributed by atoms with Crippen LogP contribution in [-0.4, -0.2) is 24.7 Å². The van der Waals surface area contributed by atoms with Gasteiger partial charge in [-0.25, -0.2) is 0 Å². The standard InChI is InChI=1S/C11H22N2/c1-11(2)7-9(8-13-11)6-10-4-3-5-12-10/h9-10,12-13H,3-8H2,1-2H3. The van der Waals surface area contributed by atoms with E-state index in [-0.39, 0.29) is 0 Å². The molecule has 0 bridgehead atoms. The minimum absolute atomic E-state index is 0.392. The van der Waals surface area contributed by atoms with E-state index in [0.717, 1.165) is 12.0 Å². The second-order valence-electron chi connectivity index (χ2n) is 5.36. The maximum Gasteiger partial charge on any atom is 0.0128 e. The Morgan fingerprint density at radius 1 is 1.38 bits per heavy atom. The summed E-state index contributed by atoms with van der Waals surface area (Å²) in [4.78, 5) is 0. The third-order valence-electron chi connectivity index (χ3n) is 3.45. The van der Waals surface area contributed by atoms with Crippen LogP contribution in [-0.2, 0) is 0 Å². The molecule has 0 aliphatic carbocycles. The number of hydrogen-bond donors (Lipinski definition) is 2. The molecule has 0 spiro atoms. The minimum Gasteiger partial charge on any atom is -0.314 e. The van der Waals surface area contributed by atoms with Crippen molar-refractivity contribution < 1.29 is 0 Å². The zero-order valence-electron chi connectivity index (χ0n) is 8.90.